The summed E-state index contributed by atoms with van der Waals surface area (Å²) in [6.07, 6.45) is 0. The van der Waals surface area contributed by atoms with Crippen LogP contribution >= 0.6 is 0 Å². The lowest BCUT2D eigenvalue weighted by atomic mass is 10.1. The number of nitrogens with one attached hydrogen (secondary N) is 1. The number of para-hydroxylation sites is 1. The fraction of sp³-hybridized carbons (Fsp3) is 0.100. The van der Waals surface area contributed by atoms with Crippen LogP contribution in [-0.2, 0) is 0 Å². The standard InChI is InChI=1S/C20H16N4O4/c1-12-11-18(23(22-12)14-7-9-15(10-8-14)24(26)27)21-20(25)19-13(2)16-5-3-4-6-17(16)28-19/h3-11H,1-2H3,(H,21,25). The van der Waals surface area contributed by atoms with Crippen molar-refractivity contribution in [2.24, 2.45) is 0 Å². The van der Waals surface area contributed by atoms with Crippen LogP contribution in [0.2, 0.25) is 0 Å². The molecule has 8 heteroatoms. The number of non-ortho nitro benzene ring substituents is 1. The quantitative estimate of drug-likeness (QED) is 0.420. The van der Waals surface area contributed by atoms with Gasteiger partial charge in [0.05, 0.1) is 16.3 Å². The van der Waals surface area contributed by atoms with Crippen LogP contribution in [0, 0.1) is 24.0 Å². The molecule has 0 fully saturated rings. The number of nitrogens with zero attached hydrogens (tertiary/aromatic N) is 3. The van der Waals surface area contributed by atoms with Crippen molar-refractivity contribution in [3.63, 3.8) is 0 Å². The molecule has 0 radical (unpaired) electrons. The van der Waals surface area contributed by atoms with Crippen LogP contribution in [0.5, 0.6) is 0 Å². The zero-order valence-corrected chi connectivity index (χ0v) is 15.2. The number of nitro benzene ring substituents is 1. The van der Waals surface area contributed by atoms with E-state index in [2.05, 4.69) is 10.4 Å². The van der Waals surface area contributed by atoms with Crippen LogP contribution in [0.1, 0.15) is 21.8 Å². The predicted octanol–water partition coefficient (Wildman–Crippen LogP) is 4.40. The highest BCUT2D eigenvalue weighted by Crippen LogP contribution is 2.26. The van der Waals surface area contributed by atoms with Crippen LogP contribution < -0.4 is 5.32 Å². The maximum atomic E-state index is 12.8. The molecule has 4 rings (SSSR count). The normalized spacial score (nSPS) is 10.9. The number of hydrogen-bond acceptors (Lipinski definition) is 5. The average Bonchev–Trinajstić information content (AvgIpc) is 3.22. The number of fused-ring (bicyclic) bond motifs is 1. The number of hydrogen-bond donors (Lipinski definition) is 1. The van der Waals surface area contributed by atoms with E-state index in [0.717, 1.165) is 10.9 Å². The SMILES string of the molecule is Cc1cc(NC(=O)c2oc3ccccc3c2C)n(-c2ccc([N+](=O)[O-])cc2)n1. The van der Waals surface area contributed by atoms with E-state index >= 15 is 0 Å². The van der Waals surface area contributed by atoms with Crippen molar-refractivity contribution in [2.75, 3.05) is 5.32 Å². The van der Waals surface area contributed by atoms with Crippen molar-refractivity contribution in [3.05, 3.63) is 81.7 Å². The minimum Gasteiger partial charge on any atom is -0.451 e. The minimum absolute atomic E-state index is 0.0175. The van der Waals surface area contributed by atoms with Crippen LogP contribution in [0.25, 0.3) is 16.7 Å². The molecular weight excluding hydrogens is 360 g/mol. The molecule has 2 heterocycles. The number of furan rings is 1. The average molecular weight is 376 g/mol. The van der Waals surface area contributed by atoms with Crippen LogP contribution in [0.15, 0.2) is 59.0 Å². The largest absolute Gasteiger partial charge is 0.451 e. The Morgan fingerprint density at radius 3 is 2.54 bits per heavy atom. The Kier molecular flexibility index (Phi) is 4.15. The van der Waals surface area contributed by atoms with Gasteiger partial charge in [0, 0.05) is 29.1 Å². The summed E-state index contributed by atoms with van der Waals surface area (Å²) in [5.41, 5.74) is 2.66. The van der Waals surface area contributed by atoms with E-state index in [4.69, 9.17) is 4.42 Å². The number of anilines is 1. The van der Waals surface area contributed by atoms with Gasteiger partial charge in [0.25, 0.3) is 11.6 Å². The molecule has 2 aromatic carbocycles. The monoisotopic (exact) mass is 376 g/mol. The highest BCUT2D eigenvalue weighted by Gasteiger charge is 2.20. The van der Waals surface area contributed by atoms with Gasteiger partial charge in [0.15, 0.2) is 5.76 Å². The van der Waals surface area contributed by atoms with Gasteiger partial charge >= 0.3 is 0 Å². The molecule has 2 aromatic heterocycles. The van der Waals surface area contributed by atoms with Gasteiger partial charge in [-0.25, -0.2) is 4.68 Å². The Morgan fingerprint density at radius 2 is 1.86 bits per heavy atom. The molecule has 0 bridgehead atoms. The first kappa shape index (κ1) is 17.5. The van der Waals surface area contributed by atoms with Crippen molar-refractivity contribution < 1.29 is 14.1 Å². The van der Waals surface area contributed by atoms with Crippen molar-refractivity contribution >= 4 is 28.4 Å². The van der Waals surface area contributed by atoms with Crippen molar-refractivity contribution in [3.8, 4) is 5.69 Å². The third kappa shape index (κ3) is 3.01. The van der Waals surface area contributed by atoms with E-state index in [1.165, 1.54) is 16.8 Å². The second kappa shape index (κ2) is 6.66. The molecule has 0 saturated carbocycles. The molecule has 0 aliphatic carbocycles. The van der Waals surface area contributed by atoms with Crippen LogP contribution in [-0.4, -0.2) is 20.6 Å². The van der Waals surface area contributed by atoms with E-state index in [9.17, 15) is 14.9 Å². The molecule has 1 amide bonds. The first-order chi connectivity index (χ1) is 13.4. The molecule has 8 nitrogen and oxygen atoms in total. The fourth-order valence-electron chi connectivity index (χ4n) is 3.06. The number of carbonyl (C=O) groups excluding carboxylic acids is 1. The number of nitro groups is 1. The minimum atomic E-state index is -0.467. The number of aryl methyl sites for hydroxylation is 2. The second-order valence-electron chi connectivity index (χ2n) is 6.36. The molecule has 4 aromatic rings. The predicted molar refractivity (Wildman–Crippen MR) is 104 cm³/mol. The molecule has 0 aliphatic heterocycles. The molecular formula is C20H16N4O4. The summed E-state index contributed by atoms with van der Waals surface area (Å²) in [5, 5.41) is 18.9. The van der Waals surface area contributed by atoms with Gasteiger partial charge in [-0.1, -0.05) is 18.2 Å². The van der Waals surface area contributed by atoms with Crippen molar-refractivity contribution in [2.45, 2.75) is 13.8 Å². The Morgan fingerprint density at radius 1 is 1.14 bits per heavy atom. The zero-order valence-electron chi connectivity index (χ0n) is 15.2. The number of aromatic nitrogens is 2. The van der Waals surface area contributed by atoms with E-state index in [0.29, 0.717) is 22.8 Å². The van der Waals surface area contributed by atoms with Crippen LogP contribution in [0.4, 0.5) is 11.5 Å². The lowest BCUT2D eigenvalue weighted by molar-refractivity contribution is -0.384. The molecule has 140 valence electrons. The highest BCUT2D eigenvalue weighted by atomic mass is 16.6. The molecule has 0 saturated heterocycles. The van der Waals surface area contributed by atoms with Crippen molar-refractivity contribution in [1.82, 2.24) is 9.78 Å². The molecule has 0 atom stereocenters. The van der Waals surface area contributed by atoms with Gasteiger partial charge in [0.2, 0.25) is 0 Å². The number of amides is 1. The van der Waals surface area contributed by atoms with Gasteiger partial charge in [0.1, 0.15) is 11.4 Å². The maximum absolute atomic E-state index is 12.8. The summed E-state index contributed by atoms with van der Waals surface area (Å²) in [7, 11) is 0. The van der Waals surface area contributed by atoms with Gasteiger partial charge in [-0.15, -0.1) is 0 Å². The molecule has 0 aliphatic rings. The summed E-state index contributed by atoms with van der Waals surface area (Å²) in [6, 6.07) is 15.1. The third-order valence-corrected chi connectivity index (χ3v) is 4.43. The van der Waals surface area contributed by atoms with E-state index in [1.54, 1.807) is 25.1 Å². The number of benzene rings is 2. The van der Waals surface area contributed by atoms with Gasteiger partial charge in [-0.3, -0.25) is 14.9 Å². The van der Waals surface area contributed by atoms with Gasteiger partial charge in [-0.2, -0.15) is 5.10 Å². The van der Waals surface area contributed by atoms with Gasteiger partial charge < -0.3 is 9.73 Å². The molecule has 0 unspecified atom stereocenters. The summed E-state index contributed by atoms with van der Waals surface area (Å²) < 4.78 is 7.23. The Bertz CT molecular complexity index is 1200. The Balaban J connectivity index is 1.67. The van der Waals surface area contributed by atoms with E-state index in [1.807, 2.05) is 31.2 Å². The topological polar surface area (TPSA) is 103 Å². The summed E-state index contributed by atoms with van der Waals surface area (Å²) in [6.45, 7) is 3.63. The van der Waals surface area contributed by atoms with Crippen LogP contribution in [0.3, 0.4) is 0 Å². The lowest BCUT2D eigenvalue weighted by Gasteiger charge is -2.08. The molecule has 28 heavy (non-hydrogen) atoms. The van der Waals surface area contributed by atoms with Gasteiger partial charge in [-0.05, 0) is 32.0 Å². The molecule has 1 N–H and O–H groups in total. The first-order valence-electron chi connectivity index (χ1n) is 8.55. The number of carbonyl (C=O) groups is 1. The zero-order chi connectivity index (χ0) is 19.8. The Labute approximate surface area is 159 Å². The second-order valence-corrected chi connectivity index (χ2v) is 6.36. The van der Waals surface area contributed by atoms with E-state index < -0.39 is 10.8 Å². The number of rotatable bonds is 4. The van der Waals surface area contributed by atoms with Crippen molar-refractivity contribution in [1.29, 1.82) is 0 Å². The lowest BCUT2D eigenvalue weighted by Crippen LogP contribution is -2.15. The first-order valence-corrected chi connectivity index (χ1v) is 8.55. The highest BCUT2D eigenvalue weighted by molar-refractivity contribution is 6.06. The third-order valence-electron chi connectivity index (χ3n) is 4.43. The Hall–Kier alpha value is -3.94. The summed E-state index contributed by atoms with van der Waals surface area (Å²) >= 11 is 0. The molecule has 0 spiro atoms. The summed E-state index contributed by atoms with van der Waals surface area (Å²) in [5.74, 6) is 0.281. The van der Waals surface area contributed by atoms with E-state index in [-0.39, 0.29) is 11.4 Å². The summed E-state index contributed by atoms with van der Waals surface area (Å²) in [4.78, 5) is 23.2. The fourth-order valence-corrected chi connectivity index (χ4v) is 3.06. The maximum Gasteiger partial charge on any atom is 0.292 e. The smallest absolute Gasteiger partial charge is 0.292 e.